The number of allylic oxidation sites excluding steroid dienone is 4. The number of halogens is 4. The number of nitrogens with zero attached hydrogens (tertiary/aromatic N) is 3. The predicted molar refractivity (Wildman–Crippen MR) is 113 cm³/mol. The Balaban J connectivity index is 1.45. The average Bonchev–Trinajstić information content (AvgIpc) is 3.38. The number of urea groups is 1. The summed E-state index contributed by atoms with van der Waals surface area (Å²) in [6.45, 7) is 1.20. The topological polar surface area (TPSA) is 50.2 Å². The second kappa shape index (κ2) is 8.78. The zero-order valence-electron chi connectivity index (χ0n) is 16.6. The maximum atomic E-state index is 12.9. The van der Waals surface area contributed by atoms with Gasteiger partial charge in [0, 0.05) is 31.2 Å². The number of rotatable bonds is 4. The number of carbonyl (C=O) groups excluding carboxylic acids is 1. The molecule has 0 radical (unpaired) electrons. The van der Waals surface area contributed by atoms with Crippen LogP contribution < -0.4 is 5.32 Å². The van der Waals surface area contributed by atoms with Crippen molar-refractivity contribution in [1.29, 1.82) is 0 Å². The van der Waals surface area contributed by atoms with Crippen molar-refractivity contribution < 1.29 is 18.0 Å². The second-order valence-corrected chi connectivity index (χ2v) is 8.22. The summed E-state index contributed by atoms with van der Waals surface area (Å²) in [6, 6.07) is 3.90. The van der Waals surface area contributed by atoms with Crippen LogP contribution in [0.25, 0.3) is 0 Å². The molecule has 0 spiro atoms. The molecular formula is C22H22ClF3N4O. The van der Waals surface area contributed by atoms with Gasteiger partial charge in [0.05, 0.1) is 17.0 Å². The Morgan fingerprint density at radius 3 is 2.71 bits per heavy atom. The molecule has 1 N–H and O–H groups in total. The molecule has 2 heterocycles. The minimum Gasteiger partial charge on any atom is -0.329 e. The van der Waals surface area contributed by atoms with Gasteiger partial charge in [-0.1, -0.05) is 18.2 Å². The molecule has 4 rings (SSSR count). The monoisotopic (exact) mass is 450 g/mol. The number of amides is 2. The van der Waals surface area contributed by atoms with Gasteiger partial charge in [0.1, 0.15) is 5.82 Å². The van der Waals surface area contributed by atoms with Crippen LogP contribution in [-0.2, 0) is 12.7 Å². The SMILES string of the molecule is O=C(Nc1ccc(C(F)(F)F)cc1)N1CCC[C@@H]1c1nccn1CC1=CCC(Cl)C=C1. The van der Waals surface area contributed by atoms with E-state index >= 15 is 0 Å². The third-order valence-electron chi connectivity index (χ3n) is 5.50. The van der Waals surface area contributed by atoms with Crippen LogP contribution in [0, 0.1) is 0 Å². The molecule has 1 unspecified atom stereocenters. The number of hydrogen-bond acceptors (Lipinski definition) is 2. The van der Waals surface area contributed by atoms with Crippen LogP contribution in [0.4, 0.5) is 23.7 Å². The molecule has 9 heteroatoms. The largest absolute Gasteiger partial charge is 0.416 e. The number of likely N-dealkylation sites (tertiary alicyclic amines) is 1. The van der Waals surface area contributed by atoms with Crippen LogP contribution in [0.3, 0.4) is 0 Å². The van der Waals surface area contributed by atoms with Gasteiger partial charge in [-0.15, -0.1) is 11.6 Å². The quantitative estimate of drug-likeness (QED) is 0.601. The van der Waals surface area contributed by atoms with Crippen LogP contribution in [0.1, 0.15) is 36.7 Å². The maximum absolute atomic E-state index is 12.9. The molecule has 5 nitrogen and oxygen atoms in total. The van der Waals surface area contributed by atoms with Gasteiger partial charge in [-0.2, -0.15) is 13.2 Å². The van der Waals surface area contributed by atoms with E-state index in [1.807, 2.05) is 22.9 Å². The molecule has 2 amide bonds. The lowest BCUT2D eigenvalue weighted by atomic mass is 10.1. The molecule has 2 aliphatic rings. The van der Waals surface area contributed by atoms with Gasteiger partial charge >= 0.3 is 12.2 Å². The average molecular weight is 451 g/mol. The Morgan fingerprint density at radius 2 is 2.03 bits per heavy atom. The maximum Gasteiger partial charge on any atom is 0.416 e. The van der Waals surface area contributed by atoms with E-state index in [2.05, 4.69) is 16.4 Å². The molecule has 2 atom stereocenters. The summed E-state index contributed by atoms with van der Waals surface area (Å²) in [7, 11) is 0. The molecule has 1 aromatic carbocycles. The van der Waals surface area contributed by atoms with Crippen molar-refractivity contribution in [3.05, 3.63) is 71.8 Å². The second-order valence-electron chi connectivity index (χ2n) is 7.66. The summed E-state index contributed by atoms with van der Waals surface area (Å²) in [5.74, 6) is 0.794. The lowest BCUT2D eigenvalue weighted by Crippen LogP contribution is -2.35. The predicted octanol–water partition coefficient (Wildman–Crippen LogP) is 5.76. The highest BCUT2D eigenvalue weighted by atomic mass is 35.5. The van der Waals surface area contributed by atoms with E-state index in [0.717, 1.165) is 42.8 Å². The van der Waals surface area contributed by atoms with Crippen LogP contribution in [0.5, 0.6) is 0 Å². The first-order valence-electron chi connectivity index (χ1n) is 10.1. The Morgan fingerprint density at radius 1 is 1.26 bits per heavy atom. The Kier molecular flexibility index (Phi) is 6.09. The van der Waals surface area contributed by atoms with E-state index in [1.54, 1.807) is 11.1 Å². The molecule has 31 heavy (non-hydrogen) atoms. The van der Waals surface area contributed by atoms with Gasteiger partial charge < -0.3 is 14.8 Å². The van der Waals surface area contributed by atoms with Crippen molar-refractivity contribution in [2.75, 3.05) is 11.9 Å². The number of carbonyl (C=O) groups is 1. The van der Waals surface area contributed by atoms with Gasteiger partial charge in [0.15, 0.2) is 0 Å². The number of nitrogens with one attached hydrogen (secondary N) is 1. The molecule has 1 saturated heterocycles. The summed E-state index contributed by atoms with van der Waals surface area (Å²) < 4.78 is 40.3. The van der Waals surface area contributed by atoms with Gasteiger partial charge in [-0.25, -0.2) is 9.78 Å². The van der Waals surface area contributed by atoms with Crippen LogP contribution in [0.15, 0.2) is 60.5 Å². The van der Waals surface area contributed by atoms with Gasteiger partial charge in [0.25, 0.3) is 0 Å². The third-order valence-corrected chi connectivity index (χ3v) is 5.82. The highest BCUT2D eigenvalue weighted by Gasteiger charge is 2.33. The van der Waals surface area contributed by atoms with Gasteiger partial charge in [-0.3, -0.25) is 0 Å². The summed E-state index contributed by atoms with van der Waals surface area (Å²) >= 11 is 6.09. The molecule has 1 aliphatic carbocycles. The Labute approximate surface area is 183 Å². The van der Waals surface area contributed by atoms with Crippen molar-refractivity contribution in [3.63, 3.8) is 0 Å². The van der Waals surface area contributed by atoms with Crippen LogP contribution in [0.2, 0.25) is 0 Å². The first kappa shape index (κ1) is 21.5. The Bertz CT molecular complexity index is 997. The van der Waals surface area contributed by atoms with E-state index in [9.17, 15) is 18.0 Å². The lowest BCUT2D eigenvalue weighted by Gasteiger charge is -2.25. The van der Waals surface area contributed by atoms with Crippen molar-refractivity contribution in [1.82, 2.24) is 14.5 Å². The minimum absolute atomic E-state index is 0.0187. The zero-order chi connectivity index (χ0) is 22.0. The fourth-order valence-electron chi connectivity index (χ4n) is 3.92. The summed E-state index contributed by atoms with van der Waals surface area (Å²) in [5.41, 5.74) is 0.702. The van der Waals surface area contributed by atoms with E-state index < -0.39 is 11.7 Å². The first-order chi connectivity index (χ1) is 14.8. The number of alkyl halides is 4. The lowest BCUT2D eigenvalue weighted by molar-refractivity contribution is -0.137. The summed E-state index contributed by atoms with van der Waals surface area (Å²) in [4.78, 5) is 19.0. The number of aromatic nitrogens is 2. The molecule has 2 aromatic rings. The minimum atomic E-state index is -4.41. The number of imidazole rings is 1. The van der Waals surface area contributed by atoms with Crippen LogP contribution >= 0.6 is 11.6 Å². The standard InChI is InChI=1S/C22H22ClF3N4O/c23-17-7-3-15(4-8-17)14-29-13-11-27-20(29)19-2-1-12-30(19)21(31)28-18-9-5-16(6-10-18)22(24,25)26/h3-7,9-11,13,17,19H,1-2,8,12,14H2,(H,28,31)/t17?,19-/m1/s1. The first-order valence-corrected chi connectivity index (χ1v) is 10.5. The van der Waals surface area contributed by atoms with E-state index in [4.69, 9.17) is 11.6 Å². The van der Waals surface area contributed by atoms with Crippen molar-refractivity contribution in [2.45, 2.75) is 43.4 Å². The molecule has 1 aromatic heterocycles. The number of hydrogen-bond donors (Lipinski definition) is 1. The summed E-state index contributed by atoms with van der Waals surface area (Å²) in [5, 5.41) is 2.72. The fourth-order valence-corrected chi connectivity index (χ4v) is 4.08. The van der Waals surface area contributed by atoms with E-state index in [1.165, 1.54) is 12.1 Å². The molecule has 1 fully saturated rings. The van der Waals surface area contributed by atoms with Crippen molar-refractivity contribution in [2.24, 2.45) is 0 Å². The van der Waals surface area contributed by atoms with Gasteiger partial charge in [-0.05, 0) is 49.1 Å². The van der Waals surface area contributed by atoms with Crippen LogP contribution in [-0.4, -0.2) is 32.4 Å². The third kappa shape index (κ3) is 4.95. The fraction of sp³-hybridized carbons (Fsp3) is 0.364. The molecule has 1 aliphatic heterocycles. The molecule has 164 valence electrons. The smallest absolute Gasteiger partial charge is 0.329 e. The van der Waals surface area contributed by atoms with Gasteiger partial charge in [0.2, 0.25) is 0 Å². The van der Waals surface area contributed by atoms with E-state index in [-0.39, 0.29) is 17.5 Å². The van der Waals surface area contributed by atoms with Crippen molar-refractivity contribution in [3.8, 4) is 0 Å². The molecule has 0 bridgehead atoms. The highest BCUT2D eigenvalue weighted by molar-refractivity contribution is 6.22. The van der Waals surface area contributed by atoms with E-state index in [0.29, 0.717) is 18.8 Å². The van der Waals surface area contributed by atoms with Crippen molar-refractivity contribution >= 4 is 23.3 Å². The molecular weight excluding hydrogens is 429 g/mol. The normalized spacial score (nSPS) is 21.3. The summed E-state index contributed by atoms with van der Waals surface area (Å²) in [6.07, 6.45) is 7.66. The number of anilines is 1. The zero-order valence-corrected chi connectivity index (χ0v) is 17.4. The highest BCUT2D eigenvalue weighted by Crippen LogP contribution is 2.33. The Hall–Kier alpha value is -2.74. The molecule has 0 saturated carbocycles. The number of benzene rings is 1.